The first-order chi connectivity index (χ1) is 7.50. The molecule has 0 atom stereocenters. The summed E-state index contributed by atoms with van der Waals surface area (Å²) in [7, 11) is 1.67. The summed E-state index contributed by atoms with van der Waals surface area (Å²) in [5, 5.41) is 9.20. The third-order valence-corrected chi connectivity index (χ3v) is 2.39. The summed E-state index contributed by atoms with van der Waals surface area (Å²) in [6.07, 6.45) is 1.29. The van der Waals surface area contributed by atoms with E-state index in [2.05, 4.69) is 4.98 Å². The van der Waals surface area contributed by atoms with Gasteiger partial charge < -0.3 is 9.67 Å². The number of hydrogen-bond donors (Lipinski definition) is 1. The van der Waals surface area contributed by atoms with Crippen molar-refractivity contribution in [3.05, 3.63) is 39.8 Å². The number of pyridine rings is 2. The predicted octanol–water partition coefficient (Wildman–Crippen LogP) is 0.940. The Kier molecular flexibility index (Phi) is 2.23. The van der Waals surface area contributed by atoms with Gasteiger partial charge in [-0.3, -0.25) is 4.79 Å². The molecule has 5 heteroatoms. The summed E-state index contributed by atoms with van der Waals surface area (Å²) < 4.78 is 1.55. The lowest BCUT2D eigenvalue weighted by molar-refractivity contribution is 0.0695. The quantitative estimate of drug-likeness (QED) is 0.773. The van der Waals surface area contributed by atoms with E-state index in [4.69, 9.17) is 5.11 Å². The van der Waals surface area contributed by atoms with Gasteiger partial charge in [0.15, 0.2) is 0 Å². The highest BCUT2D eigenvalue weighted by molar-refractivity contribution is 5.91. The number of aromatic nitrogens is 2. The fourth-order valence-corrected chi connectivity index (χ4v) is 1.60. The Labute approximate surface area is 91.0 Å². The highest BCUT2D eigenvalue weighted by Crippen LogP contribution is 2.09. The smallest absolute Gasteiger partial charge is 0.341 e. The van der Waals surface area contributed by atoms with Crippen LogP contribution in [-0.2, 0) is 7.05 Å². The van der Waals surface area contributed by atoms with E-state index in [-0.39, 0.29) is 5.56 Å². The lowest BCUT2D eigenvalue weighted by Gasteiger charge is -2.06. The van der Waals surface area contributed by atoms with Crippen LogP contribution >= 0.6 is 0 Å². The van der Waals surface area contributed by atoms with Gasteiger partial charge in [-0.25, -0.2) is 9.78 Å². The van der Waals surface area contributed by atoms with Crippen molar-refractivity contribution in [1.29, 1.82) is 0 Å². The number of carboxylic acid groups (broad SMARTS) is 1. The molecule has 0 spiro atoms. The predicted molar refractivity (Wildman–Crippen MR) is 58.7 cm³/mol. The average molecular weight is 218 g/mol. The lowest BCUT2D eigenvalue weighted by atomic mass is 10.2. The van der Waals surface area contributed by atoms with Gasteiger partial charge in [-0.15, -0.1) is 0 Å². The van der Waals surface area contributed by atoms with Crippen molar-refractivity contribution in [2.75, 3.05) is 0 Å². The Bertz CT molecular complexity index is 643. The molecule has 0 fully saturated rings. The zero-order valence-electron chi connectivity index (χ0n) is 8.89. The first-order valence-electron chi connectivity index (χ1n) is 4.71. The first kappa shape index (κ1) is 10.4. The molecule has 0 aliphatic carbocycles. The largest absolute Gasteiger partial charge is 0.477 e. The molecule has 2 aromatic rings. The van der Waals surface area contributed by atoms with Crippen LogP contribution < -0.4 is 5.43 Å². The van der Waals surface area contributed by atoms with Gasteiger partial charge in [-0.1, -0.05) is 0 Å². The van der Waals surface area contributed by atoms with E-state index in [9.17, 15) is 9.59 Å². The van der Waals surface area contributed by atoms with E-state index in [0.717, 1.165) is 5.69 Å². The summed E-state index contributed by atoms with van der Waals surface area (Å²) in [6, 6.07) is 3.29. The van der Waals surface area contributed by atoms with Crippen molar-refractivity contribution in [3.8, 4) is 0 Å². The molecule has 2 rings (SSSR count). The number of hydrogen-bond acceptors (Lipinski definition) is 3. The van der Waals surface area contributed by atoms with E-state index in [1.165, 1.54) is 6.20 Å². The molecule has 16 heavy (non-hydrogen) atoms. The Morgan fingerprint density at radius 2 is 2.12 bits per heavy atom. The second-order valence-electron chi connectivity index (χ2n) is 3.61. The molecule has 0 bridgehead atoms. The van der Waals surface area contributed by atoms with Crippen LogP contribution in [0.5, 0.6) is 0 Å². The molecule has 5 nitrogen and oxygen atoms in total. The van der Waals surface area contributed by atoms with Crippen LogP contribution in [0, 0.1) is 6.92 Å². The molecular formula is C11H10N2O3. The van der Waals surface area contributed by atoms with Gasteiger partial charge in [0.25, 0.3) is 0 Å². The highest BCUT2D eigenvalue weighted by atomic mass is 16.4. The molecule has 0 amide bonds. The van der Waals surface area contributed by atoms with Crippen LogP contribution in [0.1, 0.15) is 16.1 Å². The summed E-state index contributed by atoms with van der Waals surface area (Å²) >= 11 is 0. The molecule has 0 saturated heterocycles. The van der Waals surface area contributed by atoms with Crippen molar-refractivity contribution in [3.63, 3.8) is 0 Å². The van der Waals surface area contributed by atoms with Gasteiger partial charge in [0.2, 0.25) is 5.43 Å². The van der Waals surface area contributed by atoms with Gasteiger partial charge in [0.05, 0.1) is 5.39 Å². The molecule has 0 aliphatic rings. The maximum Gasteiger partial charge on any atom is 0.341 e. The number of aryl methyl sites for hydroxylation is 2. The van der Waals surface area contributed by atoms with E-state index in [1.807, 2.05) is 6.92 Å². The molecule has 0 aliphatic heterocycles. The van der Waals surface area contributed by atoms with Crippen LogP contribution in [0.3, 0.4) is 0 Å². The third kappa shape index (κ3) is 1.46. The highest BCUT2D eigenvalue weighted by Gasteiger charge is 2.13. The number of carbonyl (C=O) groups is 1. The molecule has 1 N–H and O–H groups in total. The maximum atomic E-state index is 11.8. The second kappa shape index (κ2) is 3.44. The van der Waals surface area contributed by atoms with Crippen molar-refractivity contribution in [2.45, 2.75) is 6.92 Å². The number of rotatable bonds is 1. The normalized spacial score (nSPS) is 10.6. The number of fused-ring (bicyclic) bond motifs is 1. The first-order valence-corrected chi connectivity index (χ1v) is 4.71. The lowest BCUT2D eigenvalue weighted by Crippen LogP contribution is -2.18. The standard InChI is InChI=1S/C11H10N2O3/c1-6-3-4-7-9(14)8(11(15)16)5-13(2)10(7)12-6/h3-5H,1-2H3,(H,15,16). The average Bonchev–Trinajstić information content (AvgIpc) is 2.22. The maximum absolute atomic E-state index is 11.8. The van der Waals surface area contributed by atoms with Gasteiger partial charge in [-0.2, -0.15) is 0 Å². The molecule has 2 aromatic heterocycles. The van der Waals surface area contributed by atoms with Gasteiger partial charge in [0, 0.05) is 18.9 Å². The Morgan fingerprint density at radius 3 is 2.75 bits per heavy atom. The fourth-order valence-electron chi connectivity index (χ4n) is 1.60. The minimum Gasteiger partial charge on any atom is -0.477 e. The molecule has 0 radical (unpaired) electrons. The number of carboxylic acids is 1. The van der Waals surface area contributed by atoms with Crippen molar-refractivity contribution >= 4 is 17.0 Å². The van der Waals surface area contributed by atoms with Crippen LogP contribution in [-0.4, -0.2) is 20.6 Å². The van der Waals surface area contributed by atoms with Crippen LogP contribution in [0.25, 0.3) is 11.0 Å². The molecular weight excluding hydrogens is 208 g/mol. The van der Waals surface area contributed by atoms with E-state index in [0.29, 0.717) is 11.0 Å². The Morgan fingerprint density at radius 1 is 1.44 bits per heavy atom. The van der Waals surface area contributed by atoms with Gasteiger partial charge >= 0.3 is 5.97 Å². The van der Waals surface area contributed by atoms with Crippen LogP contribution in [0.4, 0.5) is 0 Å². The third-order valence-electron chi connectivity index (χ3n) is 2.39. The summed E-state index contributed by atoms with van der Waals surface area (Å²) in [5.74, 6) is -1.22. The summed E-state index contributed by atoms with van der Waals surface area (Å²) in [4.78, 5) is 26.9. The van der Waals surface area contributed by atoms with Gasteiger partial charge in [-0.05, 0) is 19.1 Å². The second-order valence-corrected chi connectivity index (χ2v) is 3.61. The minimum absolute atomic E-state index is 0.236. The topological polar surface area (TPSA) is 72.2 Å². The molecule has 2 heterocycles. The Balaban J connectivity index is 2.96. The monoisotopic (exact) mass is 218 g/mol. The van der Waals surface area contributed by atoms with E-state index in [1.54, 1.807) is 23.7 Å². The minimum atomic E-state index is -1.22. The molecule has 0 aromatic carbocycles. The Hall–Kier alpha value is -2.17. The number of aromatic carboxylic acids is 1. The van der Waals surface area contributed by atoms with Crippen molar-refractivity contribution in [2.24, 2.45) is 7.05 Å². The van der Waals surface area contributed by atoms with Crippen LogP contribution in [0.2, 0.25) is 0 Å². The van der Waals surface area contributed by atoms with Gasteiger partial charge in [0.1, 0.15) is 11.2 Å². The SMILES string of the molecule is Cc1ccc2c(=O)c(C(=O)O)cn(C)c2n1. The molecule has 0 unspecified atom stereocenters. The zero-order chi connectivity index (χ0) is 11.9. The molecule has 0 saturated carbocycles. The fraction of sp³-hybridized carbons (Fsp3) is 0.182. The van der Waals surface area contributed by atoms with Crippen molar-refractivity contribution in [1.82, 2.24) is 9.55 Å². The molecule has 82 valence electrons. The summed E-state index contributed by atoms with van der Waals surface area (Å²) in [5.41, 5.74) is 0.550. The van der Waals surface area contributed by atoms with E-state index < -0.39 is 11.4 Å². The van der Waals surface area contributed by atoms with Crippen molar-refractivity contribution < 1.29 is 9.90 Å². The number of nitrogens with zero attached hydrogens (tertiary/aromatic N) is 2. The van der Waals surface area contributed by atoms with Crippen LogP contribution in [0.15, 0.2) is 23.1 Å². The van der Waals surface area contributed by atoms with E-state index >= 15 is 0 Å². The zero-order valence-corrected chi connectivity index (χ0v) is 8.89. The summed E-state index contributed by atoms with van der Waals surface area (Å²) in [6.45, 7) is 1.81.